The minimum atomic E-state index is 0.130. The summed E-state index contributed by atoms with van der Waals surface area (Å²) in [7, 11) is 0. The Labute approximate surface area is 115 Å². The fraction of sp³-hybridized carbons (Fsp3) is 0.600. The number of aryl methyl sites for hydroxylation is 1. The molecule has 2 rings (SSSR count). The standard InChI is InChI=1S/C15H23N3O/c1-11(2)19-14-10-12(3)17-15(18-14)16-9-8-13-6-4-5-7-13/h6,10-11H,4-5,7-9H2,1-3H3,(H,16,17,18). The molecule has 4 heteroatoms. The molecule has 1 N–H and O–H groups in total. The number of hydrogen-bond acceptors (Lipinski definition) is 4. The molecule has 1 aromatic heterocycles. The fourth-order valence-corrected chi connectivity index (χ4v) is 2.22. The topological polar surface area (TPSA) is 47.0 Å². The van der Waals surface area contributed by atoms with Gasteiger partial charge < -0.3 is 10.1 Å². The molecular formula is C15H23N3O. The zero-order valence-electron chi connectivity index (χ0n) is 12.1. The van der Waals surface area contributed by atoms with Crippen LogP contribution < -0.4 is 10.1 Å². The molecule has 0 aromatic carbocycles. The number of nitrogens with one attached hydrogen (secondary N) is 1. The minimum Gasteiger partial charge on any atom is -0.475 e. The first kappa shape index (κ1) is 13.8. The molecule has 104 valence electrons. The number of anilines is 1. The van der Waals surface area contributed by atoms with Gasteiger partial charge in [-0.1, -0.05) is 11.6 Å². The van der Waals surface area contributed by atoms with Crippen molar-refractivity contribution in [2.75, 3.05) is 11.9 Å². The van der Waals surface area contributed by atoms with Crippen molar-refractivity contribution in [3.8, 4) is 5.88 Å². The van der Waals surface area contributed by atoms with E-state index >= 15 is 0 Å². The van der Waals surface area contributed by atoms with Crippen LogP contribution in [0.1, 0.15) is 45.2 Å². The lowest BCUT2D eigenvalue weighted by Crippen LogP contribution is -2.11. The lowest BCUT2D eigenvalue weighted by molar-refractivity contribution is 0.232. The largest absolute Gasteiger partial charge is 0.475 e. The van der Waals surface area contributed by atoms with Crippen LogP contribution in [0.15, 0.2) is 17.7 Å². The Morgan fingerprint density at radius 2 is 2.21 bits per heavy atom. The molecule has 1 heterocycles. The van der Waals surface area contributed by atoms with Crippen molar-refractivity contribution in [3.05, 3.63) is 23.4 Å². The SMILES string of the molecule is Cc1cc(OC(C)C)nc(NCCC2=CCCC2)n1. The van der Waals surface area contributed by atoms with Crippen molar-refractivity contribution in [2.24, 2.45) is 0 Å². The van der Waals surface area contributed by atoms with Crippen LogP contribution in [0.5, 0.6) is 5.88 Å². The molecule has 0 fully saturated rings. The molecule has 0 spiro atoms. The van der Waals surface area contributed by atoms with Gasteiger partial charge in [-0.25, -0.2) is 4.98 Å². The summed E-state index contributed by atoms with van der Waals surface area (Å²) in [5.74, 6) is 1.30. The molecule has 0 saturated carbocycles. The van der Waals surface area contributed by atoms with E-state index < -0.39 is 0 Å². The summed E-state index contributed by atoms with van der Waals surface area (Å²) in [5.41, 5.74) is 2.48. The minimum absolute atomic E-state index is 0.130. The third-order valence-corrected chi connectivity index (χ3v) is 3.05. The number of hydrogen-bond donors (Lipinski definition) is 1. The molecular weight excluding hydrogens is 238 g/mol. The van der Waals surface area contributed by atoms with Crippen molar-refractivity contribution in [1.29, 1.82) is 0 Å². The van der Waals surface area contributed by atoms with Crippen LogP contribution in [0.3, 0.4) is 0 Å². The highest BCUT2D eigenvalue weighted by Crippen LogP contribution is 2.20. The summed E-state index contributed by atoms with van der Waals surface area (Å²) in [6.07, 6.45) is 7.36. The second kappa shape index (κ2) is 6.55. The Kier molecular flexibility index (Phi) is 4.77. The van der Waals surface area contributed by atoms with Gasteiger partial charge >= 0.3 is 0 Å². The van der Waals surface area contributed by atoms with Gasteiger partial charge in [0, 0.05) is 18.3 Å². The first-order valence-electron chi connectivity index (χ1n) is 7.07. The van der Waals surface area contributed by atoms with E-state index in [0.29, 0.717) is 11.8 Å². The summed E-state index contributed by atoms with van der Waals surface area (Å²) in [5, 5.41) is 3.28. The smallest absolute Gasteiger partial charge is 0.226 e. The fourth-order valence-electron chi connectivity index (χ4n) is 2.22. The summed E-state index contributed by atoms with van der Waals surface area (Å²) in [6.45, 7) is 6.84. The van der Waals surface area contributed by atoms with Gasteiger partial charge in [0.05, 0.1) is 6.10 Å². The normalized spacial score (nSPS) is 14.6. The van der Waals surface area contributed by atoms with E-state index in [4.69, 9.17) is 4.74 Å². The van der Waals surface area contributed by atoms with Gasteiger partial charge in [0.25, 0.3) is 0 Å². The molecule has 0 radical (unpaired) electrons. The van der Waals surface area contributed by atoms with Gasteiger partial charge in [0.2, 0.25) is 11.8 Å². The molecule has 0 aliphatic heterocycles. The molecule has 0 saturated heterocycles. The van der Waals surface area contributed by atoms with E-state index in [9.17, 15) is 0 Å². The Hall–Kier alpha value is -1.58. The zero-order chi connectivity index (χ0) is 13.7. The van der Waals surface area contributed by atoms with Crippen LogP contribution in [0.4, 0.5) is 5.95 Å². The van der Waals surface area contributed by atoms with E-state index in [-0.39, 0.29) is 6.10 Å². The van der Waals surface area contributed by atoms with Crippen molar-refractivity contribution < 1.29 is 4.74 Å². The first-order chi connectivity index (χ1) is 9.13. The van der Waals surface area contributed by atoms with Gasteiger partial charge in [-0.2, -0.15) is 4.98 Å². The maximum atomic E-state index is 5.61. The molecule has 4 nitrogen and oxygen atoms in total. The van der Waals surface area contributed by atoms with Crippen molar-refractivity contribution in [2.45, 2.75) is 52.6 Å². The number of ether oxygens (including phenoxy) is 1. The summed E-state index contributed by atoms with van der Waals surface area (Å²) >= 11 is 0. The molecule has 0 bridgehead atoms. The molecule has 1 aliphatic carbocycles. The van der Waals surface area contributed by atoms with Crippen LogP contribution in [0.2, 0.25) is 0 Å². The van der Waals surface area contributed by atoms with Crippen LogP contribution in [0, 0.1) is 6.92 Å². The number of rotatable bonds is 6. The van der Waals surface area contributed by atoms with Crippen LogP contribution in [-0.4, -0.2) is 22.6 Å². The number of allylic oxidation sites excluding steroid dienone is 1. The van der Waals surface area contributed by atoms with Gasteiger partial charge in [-0.05, 0) is 46.5 Å². The van der Waals surface area contributed by atoms with E-state index in [1.807, 2.05) is 26.8 Å². The molecule has 0 amide bonds. The summed E-state index contributed by atoms with van der Waals surface area (Å²) in [4.78, 5) is 8.76. The molecule has 1 aliphatic rings. The van der Waals surface area contributed by atoms with Gasteiger partial charge in [0.1, 0.15) is 0 Å². The van der Waals surface area contributed by atoms with Crippen molar-refractivity contribution >= 4 is 5.95 Å². The predicted octanol–water partition coefficient (Wildman–Crippen LogP) is 3.48. The Morgan fingerprint density at radius 3 is 2.89 bits per heavy atom. The zero-order valence-corrected chi connectivity index (χ0v) is 12.1. The molecule has 0 unspecified atom stereocenters. The lowest BCUT2D eigenvalue weighted by atomic mass is 10.2. The molecule has 1 aromatic rings. The molecule has 19 heavy (non-hydrogen) atoms. The van der Waals surface area contributed by atoms with Crippen molar-refractivity contribution in [1.82, 2.24) is 9.97 Å². The Balaban J connectivity index is 1.89. The average Bonchev–Trinajstić information content (AvgIpc) is 2.80. The summed E-state index contributed by atoms with van der Waals surface area (Å²) in [6, 6.07) is 1.87. The van der Waals surface area contributed by atoms with Gasteiger partial charge in [-0.3, -0.25) is 0 Å². The number of nitrogens with zero attached hydrogens (tertiary/aromatic N) is 2. The van der Waals surface area contributed by atoms with Gasteiger partial charge in [-0.15, -0.1) is 0 Å². The van der Waals surface area contributed by atoms with E-state index in [1.165, 1.54) is 19.3 Å². The quantitative estimate of drug-likeness (QED) is 0.796. The van der Waals surface area contributed by atoms with E-state index in [1.54, 1.807) is 5.57 Å². The number of aromatic nitrogens is 2. The van der Waals surface area contributed by atoms with Crippen LogP contribution in [-0.2, 0) is 0 Å². The maximum Gasteiger partial charge on any atom is 0.226 e. The summed E-state index contributed by atoms with van der Waals surface area (Å²) < 4.78 is 5.61. The second-order valence-electron chi connectivity index (χ2n) is 5.27. The Morgan fingerprint density at radius 1 is 1.37 bits per heavy atom. The van der Waals surface area contributed by atoms with Crippen molar-refractivity contribution in [3.63, 3.8) is 0 Å². The lowest BCUT2D eigenvalue weighted by Gasteiger charge is -2.11. The maximum absolute atomic E-state index is 5.61. The Bertz CT molecular complexity index is 455. The highest BCUT2D eigenvalue weighted by atomic mass is 16.5. The highest BCUT2D eigenvalue weighted by molar-refractivity contribution is 5.31. The van der Waals surface area contributed by atoms with E-state index in [2.05, 4.69) is 21.4 Å². The predicted molar refractivity (Wildman–Crippen MR) is 77.6 cm³/mol. The third kappa shape index (κ3) is 4.54. The van der Waals surface area contributed by atoms with Crippen LogP contribution in [0.25, 0.3) is 0 Å². The monoisotopic (exact) mass is 261 g/mol. The highest BCUT2D eigenvalue weighted by Gasteiger charge is 2.06. The average molecular weight is 261 g/mol. The third-order valence-electron chi connectivity index (χ3n) is 3.05. The first-order valence-corrected chi connectivity index (χ1v) is 7.07. The second-order valence-corrected chi connectivity index (χ2v) is 5.27. The molecule has 0 atom stereocenters. The van der Waals surface area contributed by atoms with E-state index in [0.717, 1.165) is 18.7 Å². The van der Waals surface area contributed by atoms with Crippen LogP contribution >= 0.6 is 0 Å². The van der Waals surface area contributed by atoms with Gasteiger partial charge in [0.15, 0.2) is 0 Å².